The van der Waals surface area contributed by atoms with Crippen LogP contribution in [0.5, 0.6) is 0 Å². The van der Waals surface area contributed by atoms with E-state index in [4.69, 9.17) is 4.74 Å². The van der Waals surface area contributed by atoms with E-state index in [2.05, 4.69) is 30.4 Å². The first-order valence-electron chi connectivity index (χ1n) is 12.8. The van der Waals surface area contributed by atoms with Crippen LogP contribution in [0.2, 0.25) is 0 Å². The summed E-state index contributed by atoms with van der Waals surface area (Å²) in [5, 5.41) is 0. The maximum absolute atomic E-state index is 14.9. The smallest absolute Gasteiger partial charge is 0.167 e. The minimum atomic E-state index is -0.843. The standard InChI is InChI=1S/C31H36F2N2O/c1-4-6-10-20-36-23(3)12-8-7-9-13-26-18-19-28(30(33)29(26)32)25-14-16-27(17-15-25)31-34-21-24(11-5-2)22-35-31/h5,9,13-19,21-23H,2,4,6-8,10-12,20H2,1,3H3. The summed E-state index contributed by atoms with van der Waals surface area (Å²) in [4.78, 5) is 8.75. The van der Waals surface area contributed by atoms with E-state index in [0.29, 0.717) is 17.8 Å². The van der Waals surface area contributed by atoms with Gasteiger partial charge in [-0.2, -0.15) is 0 Å². The van der Waals surface area contributed by atoms with Crippen molar-refractivity contribution in [3.8, 4) is 22.5 Å². The Hall–Kier alpha value is -3.18. The lowest BCUT2D eigenvalue weighted by molar-refractivity contribution is 0.0566. The highest BCUT2D eigenvalue weighted by Gasteiger charge is 2.14. The Morgan fingerprint density at radius 3 is 2.36 bits per heavy atom. The molecule has 0 fully saturated rings. The molecule has 190 valence electrons. The summed E-state index contributed by atoms with van der Waals surface area (Å²) in [5.41, 5.74) is 2.88. The molecule has 0 N–H and O–H groups in total. The third kappa shape index (κ3) is 7.92. The van der Waals surface area contributed by atoms with Crippen molar-refractivity contribution >= 4 is 6.08 Å². The Morgan fingerprint density at radius 1 is 0.944 bits per heavy atom. The molecule has 0 radical (unpaired) electrons. The van der Waals surface area contributed by atoms with Gasteiger partial charge in [0.25, 0.3) is 0 Å². The van der Waals surface area contributed by atoms with Crippen molar-refractivity contribution in [3.63, 3.8) is 0 Å². The monoisotopic (exact) mass is 490 g/mol. The number of unbranched alkanes of at least 4 members (excludes halogenated alkanes) is 3. The van der Waals surface area contributed by atoms with E-state index in [1.54, 1.807) is 48.8 Å². The summed E-state index contributed by atoms with van der Waals surface area (Å²) in [6.45, 7) is 8.78. The summed E-state index contributed by atoms with van der Waals surface area (Å²) in [5.74, 6) is -1.09. The Bertz CT molecular complexity index is 1120. The lowest BCUT2D eigenvalue weighted by Gasteiger charge is -2.12. The first-order chi connectivity index (χ1) is 17.5. The van der Waals surface area contributed by atoms with Crippen molar-refractivity contribution in [2.24, 2.45) is 0 Å². The highest BCUT2D eigenvalue weighted by molar-refractivity contribution is 5.70. The van der Waals surface area contributed by atoms with Gasteiger partial charge < -0.3 is 4.74 Å². The number of allylic oxidation sites excluding steroid dienone is 2. The van der Waals surface area contributed by atoms with Crippen molar-refractivity contribution in [3.05, 3.63) is 90.3 Å². The molecule has 1 aromatic heterocycles. The molecular formula is C31H36F2N2O. The van der Waals surface area contributed by atoms with Gasteiger partial charge in [-0.15, -0.1) is 6.58 Å². The number of aromatic nitrogens is 2. The van der Waals surface area contributed by atoms with E-state index < -0.39 is 11.6 Å². The zero-order valence-electron chi connectivity index (χ0n) is 21.4. The minimum Gasteiger partial charge on any atom is -0.379 e. The lowest BCUT2D eigenvalue weighted by Crippen LogP contribution is -2.08. The molecule has 1 unspecified atom stereocenters. The molecule has 5 heteroatoms. The van der Waals surface area contributed by atoms with Crippen molar-refractivity contribution in [2.75, 3.05) is 6.61 Å². The van der Waals surface area contributed by atoms with Crippen LogP contribution >= 0.6 is 0 Å². The van der Waals surface area contributed by atoms with Crippen LogP contribution in [-0.2, 0) is 11.2 Å². The van der Waals surface area contributed by atoms with Crippen LogP contribution in [0.15, 0.2) is 67.5 Å². The second-order valence-corrected chi connectivity index (χ2v) is 9.04. The predicted octanol–water partition coefficient (Wildman–Crippen LogP) is 8.60. The van der Waals surface area contributed by atoms with Gasteiger partial charge in [0, 0.05) is 35.7 Å². The largest absolute Gasteiger partial charge is 0.379 e. The van der Waals surface area contributed by atoms with E-state index in [-0.39, 0.29) is 17.2 Å². The molecule has 36 heavy (non-hydrogen) atoms. The molecule has 2 aromatic carbocycles. The average Bonchev–Trinajstić information content (AvgIpc) is 2.90. The molecule has 0 saturated carbocycles. The molecule has 0 spiro atoms. The Balaban J connectivity index is 1.57. The highest BCUT2D eigenvalue weighted by Crippen LogP contribution is 2.29. The third-order valence-corrected chi connectivity index (χ3v) is 6.08. The van der Waals surface area contributed by atoms with Gasteiger partial charge in [-0.05, 0) is 50.2 Å². The minimum absolute atomic E-state index is 0.221. The van der Waals surface area contributed by atoms with Crippen LogP contribution in [-0.4, -0.2) is 22.7 Å². The molecule has 0 aliphatic heterocycles. The fourth-order valence-corrected chi connectivity index (χ4v) is 3.94. The summed E-state index contributed by atoms with van der Waals surface area (Å²) < 4.78 is 35.4. The first-order valence-corrected chi connectivity index (χ1v) is 12.8. The average molecular weight is 491 g/mol. The molecule has 0 amide bonds. The number of rotatable bonds is 14. The van der Waals surface area contributed by atoms with Crippen LogP contribution in [0.1, 0.15) is 63.5 Å². The highest BCUT2D eigenvalue weighted by atomic mass is 19.2. The van der Waals surface area contributed by atoms with Gasteiger partial charge in [-0.1, -0.05) is 74.4 Å². The Kier molecular flexibility index (Phi) is 11.0. The van der Waals surface area contributed by atoms with E-state index >= 15 is 0 Å². The summed E-state index contributed by atoms with van der Waals surface area (Å²) in [6.07, 6.45) is 16.0. The first kappa shape index (κ1) is 27.4. The van der Waals surface area contributed by atoms with Gasteiger partial charge in [0.05, 0.1) is 6.10 Å². The molecule has 0 aliphatic carbocycles. The number of ether oxygens (including phenoxy) is 1. The summed E-state index contributed by atoms with van der Waals surface area (Å²) in [7, 11) is 0. The third-order valence-electron chi connectivity index (χ3n) is 6.08. The SMILES string of the molecule is C=CCc1cnc(-c2ccc(-c3ccc(C=CCCCC(C)OCCCCC)c(F)c3F)cc2)nc1. The molecule has 1 heterocycles. The fourth-order valence-electron chi connectivity index (χ4n) is 3.94. The van der Waals surface area contributed by atoms with Gasteiger partial charge in [0.1, 0.15) is 0 Å². The molecule has 0 aliphatic rings. The molecule has 0 saturated heterocycles. The maximum atomic E-state index is 14.9. The van der Waals surface area contributed by atoms with E-state index in [1.807, 2.05) is 18.2 Å². The molecule has 3 rings (SSSR count). The fraction of sp³-hybridized carbons (Fsp3) is 0.355. The normalized spacial score (nSPS) is 12.2. The van der Waals surface area contributed by atoms with Crippen molar-refractivity contribution in [1.82, 2.24) is 9.97 Å². The van der Waals surface area contributed by atoms with Gasteiger partial charge >= 0.3 is 0 Å². The van der Waals surface area contributed by atoms with Crippen LogP contribution in [0.3, 0.4) is 0 Å². The zero-order chi connectivity index (χ0) is 25.8. The maximum Gasteiger partial charge on any atom is 0.167 e. The van der Waals surface area contributed by atoms with Crippen LogP contribution in [0.25, 0.3) is 28.6 Å². The number of benzene rings is 2. The van der Waals surface area contributed by atoms with Gasteiger partial charge in [-0.25, -0.2) is 18.7 Å². The number of halogens is 2. The van der Waals surface area contributed by atoms with Crippen molar-refractivity contribution in [1.29, 1.82) is 0 Å². The summed E-state index contributed by atoms with van der Waals surface area (Å²) >= 11 is 0. The second-order valence-electron chi connectivity index (χ2n) is 9.04. The number of hydrogen-bond donors (Lipinski definition) is 0. The van der Waals surface area contributed by atoms with Crippen LogP contribution in [0.4, 0.5) is 8.78 Å². The second kappa shape index (κ2) is 14.4. The van der Waals surface area contributed by atoms with Gasteiger partial charge in [0.2, 0.25) is 0 Å². The van der Waals surface area contributed by atoms with Crippen LogP contribution in [0, 0.1) is 11.6 Å². The van der Waals surface area contributed by atoms with E-state index in [1.165, 1.54) is 12.8 Å². The van der Waals surface area contributed by atoms with Crippen molar-refractivity contribution < 1.29 is 13.5 Å². The van der Waals surface area contributed by atoms with E-state index in [9.17, 15) is 8.78 Å². The Morgan fingerprint density at radius 2 is 1.67 bits per heavy atom. The summed E-state index contributed by atoms with van der Waals surface area (Å²) in [6, 6.07) is 10.4. The van der Waals surface area contributed by atoms with Crippen molar-refractivity contribution in [2.45, 2.75) is 64.9 Å². The number of nitrogens with zero attached hydrogens (tertiary/aromatic N) is 2. The molecule has 3 aromatic rings. The van der Waals surface area contributed by atoms with Crippen LogP contribution < -0.4 is 0 Å². The zero-order valence-corrected chi connectivity index (χ0v) is 21.4. The topological polar surface area (TPSA) is 35.0 Å². The predicted molar refractivity (Wildman–Crippen MR) is 145 cm³/mol. The lowest BCUT2D eigenvalue weighted by atomic mass is 10.0. The molecule has 0 bridgehead atoms. The van der Waals surface area contributed by atoms with Gasteiger partial charge in [0.15, 0.2) is 17.5 Å². The number of hydrogen-bond acceptors (Lipinski definition) is 3. The molecule has 1 atom stereocenters. The van der Waals surface area contributed by atoms with E-state index in [0.717, 1.165) is 43.4 Å². The Labute approximate surface area is 214 Å². The quantitative estimate of drug-likeness (QED) is 0.168. The molecular weight excluding hydrogens is 454 g/mol. The van der Waals surface area contributed by atoms with Gasteiger partial charge in [-0.3, -0.25) is 0 Å². The molecule has 3 nitrogen and oxygen atoms in total.